The number of carbonyl (C=O) groups is 2. The van der Waals surface area contributed by atoms with Crippen LogP contribution in [-0.4, -0.2) is 128 Å². The first-order valence-electron chi connectivity index (χ1n) is 24.3. The molecule has 0 atom stereocenters. The van der Waals surface area contributed by atoms with E-state index in [9.17, 15) is 9.59 Å². The fourth-order valence-electron chi connectivity index (χ4n) is 8.77. The molecular weight excluding hydrogens is 1100 g/mol. The maximum atomic E-state index is 13.2. The molecule has 19 nitrogen and oxygen atoms in total. The zero-order valence-corrected chi connectivity index (χ0v) is 46.8. The molecule has 416 valence electrons. The Hall–Kier alpha value is -7.94. The second kappa shape index (κ2) is 27.6. The summed E-state index contributed by atoms with van der Waals surface area (Å²) >= 11 is 12.9. The Kier molecular flexibility index (Phi) is 21.1. The molecule has 0 aliphatic carbocycles. The van der Waals surface area contributed by atoms with Gasteiger partial charge < -0.3 is 65.0 Å². The average Bonchev–Trinajstić information content (AvgIpc) is 3.47. The maximum absolute atomic E-state index is 13.2. The van der Waals surface area contributed by atoms with E-state index < -0.39 is 0 Å². The summed E-state index contributed by atoms with van der Waals surface area (Å²) in [5, 5.41) is 2.18. The normalized spacial score (nSPS) is 12.9. The van der Waals surface area contributed by atoms with Crippen molar-refractivity contribution in [3.63, 3.8) is 0 Å². The number of piperazine rings is 2. The predicted octanol–water partition coefficient (Wildman–Crippen LogP) is 8.87. The summed E-state index contributed by atoms with van der Waals surface area (Å²) in [6.45, 7) is 5.10. The van der Waals surface area contributed by atoms with Crippen molar-refractivity contribution in [1.29, 1.82) is 0 Å². The standard InChI is InChI=1S/2C28H28ClN5O4.2ClH.H2O/c2*1-36-24-15-20-22(16-25(24)37-2)31-28(32-26(20)30)34-12-10-33(11-13-34)27(35)19-8-9-23(21(29)14-19)38-17-18-6-4-3-5-7-18;;;/h2*3-9,14-16H,10-13,17H2,1-2H3,(H2,30,31,32);2*1H;1H2. The lowest BCUT2D eigenvalue weighted by Gasteiger charge is -2.35. The van der Waals surface area contributed by atoms with Crippen LogP contribution in [0.25, 0.3) is 21.8 Å². The predicted molar refractivity (Wildman–Crippen MR) is 313 cm³/mol. The van der Waals surface area contributed by atoms with E-state index in [-0.39, 0.29) is 42.1 Å². The largest absolute Gasteiger partial charge is 0.493 e. The summed E-state index contributed by atoms with van der Waals surface area (Å²) in [7, 11) is 6.28. The molecular formula is C56H60Cl4N10O9. The highest BCUT2D eigenvalue weighted by Crippen LogP contribution is 2.36. The van der Waals surface area contributed by atoms with Crippen molar-refractivity contribution >= 4 is 105 Å². The Morgan fingerprint density at radius 2 is 0.810 bits per heavy atom. The summed E-state index contributed by atoms with van der Waals surface area (Å²) < 4.78 is 33.2. The summed E-state index contributed by atoms with van der Waals surface area (Å²) in [6, 6.07) is 37.1. The molecule has 79 heavy (non-hydrogen) atoms. The monoisotopic (exact) mass is 1160 g/mol. The third-order valence-electron chi connectivity index (χ3n) is 13.0. The first kappa shape index (κ1) is 60.3. The number of rotatable bonds is 14. The van der Waals surface area contributed by atoms with Crippen molar-refractivity contribution < 1.29 is 43.5 Å². The van der Waals surface area contributed by atoms with Crippen LogP contribution < -0.4 is 49.7 Å². The molecule has 8 aromatic rings. The number of fused-ring (bicyclic) bond motifs is 2. The molecule has 23 heteroatoms. The Labute approximate surface area is 479 Å². The molecule has 2 fully saturated rings. The lowest BCUT2D eigenvalue weighted by molar-refractivity contribution is 0.0738. The van der Waals surface area contributed by atoms with Gasteiger partial charge in [0.15, 0.2) is 23.0 Å². The molecule has 0 unspecified atom stereocenters. The van der Waals surface area contributed by atoms with Gasteiger partial charge in [-0.05, 0) is 59.7 Å². The van der Waals surface area contributed by atoms with Gasteiger partial charge in [0.2, 0.25) is 11.9 Å². The smallest absolute Gasteiger partial charge is 0.254 e. The highest BCUT2D eigenvalue weighted by Gasteiger charge is 2.27. The maximum Gasteiger partial charge on any atom is 0.254 e. The highest BCUT2D eigenvalue weighted by molar-refractivity contribution is 6.32. The van der Waals surface area contributed by atoms with Crippen molar-refractivity contribution in [2.45, 2.75) is 13.2 Å². The van der Waals surface area contributed by atoms with Gasteiger partial charge in [-0.2, -0.15) is 9.97 Å². The number of anilines is 4. The molecule has 0 saturated carbocycles. The average molecular weight is 1160 g/mol. The molecule has 2 aromatic heterocycles. The molecule has 10 rings (SSSR count). The van der Waals surface area contributed by atoms with E-state index in [1.165, 1.54) is 0 Å². The molecule has 0 bridgehead atoms. The number of methoxy groups -OCH3 is 4. The van der Waals surface area contributed by atoms with Crippen molar-refractivity contribution in [2.75, 3.05) is 102 Å². The summed E-state index contributed by atoms with van der Waals surface area (Å²) in [5.41, 5.74) is 16.9. The van der Waals surface area contributed by atoms with Crippen LogP contribution in [0.5, 0.6) is 34.5 Å². The van der Waals surface area contributed by atoms with Crippen LogP contribution in [0.2, 0.25) is 10.0 Å². The van der Waals surface area contributed by atoms with Gasteiger partial charge in [-0.25, -0.2) is 9.97 Å². The van der Waals surface area contributed by atoms with Gasteiger partial charge in [0.1, 0.15) is 36.3 Å². The number of halogens is 4. The molecule has 2 saturated heterocycles. The number of nitrogen functional groups attached to an aromatic ring is 2. The Balaban J connectivity index is 0.000000246. The van der Waals surface area contributed by atoms with Crippen LogP contribution in [0.1, 0.15) is 31.8 Å². The molecule has 6 aromatic carbocycles. The fourth-order valence-corrected chi connectivity index (χ4v) is 9.24. The van der Waals surface area contributed by atoms with Crippen LogP contribution in [0.15, 0.2) is 121 Å². The second-order valence-electron chi connectivity index (χ2n) is 17.7. The number of hydrogen-bond acceptors (Lipinski definition) is 16. The van der Waals surface area contributed by atoms with Crippen molar-refractivity contribution in [1.82, 2.24) is 29.7 Å². The minimum atomic E-state index is -0.0862. The minimum absolute atomic E-state index is 0. The van der Waals surface area contributed by atoms with E-state index in [4.69, 9.17) is 73.1 Å². The van der Waals surface area contributed by atoms with E-state index in [1.807, 2.05) is 70.5 Å². The van der Waals surface area contributed by atoms with E-state index in [1.54, 1.807) is 98.9 Å². The van der Waals surface area contributed by atoms with Crippen molar-refractivity contribution in [3.05, 3.63) is 154 Å². The fraction of sp³-hybridized carbons (Fsp3) is 0.250. The minimum Gasteiger partial charge on any atom is -0.493 e. The first-order valence-corrected chi connectivity index (χ1v) is 25.1. The molecule has 0 spiro atoms. The zero-order valence-electron chi connectivity index (χ0n) is 43.7. The van der Waals surface area contributed by atoms with Crippen LogP contribution >= 0.6 is 48.0 Å². The summed E-state index contributed by atoms with van der Waals surface area (Å²) in [5.74, 6) is 4.89. The lowest BCUT2D eigenvalue weighted by Crippen LogP contribution is -2.49. The molecule has 4 heterocycles. The van der Waals surface area contributed by atoms with Gasteiger partial charge in [-0.1, -0.05) is 83.9 Å². The lowest BCUT2D eigenvalue weighted by atomic mass is 10.1. The molecule has 0 radical (unpaired) electrons. The van der Waals surface area contributed by atoms with Gasteiger partial charge in [0.25, 0.3) is 11.8 Å². The molecule has 2 aliphatic heterocycles. The van der Waals surface area contributed by atoms with Gasteiger partial charge in [-0.3, -0.25) is 9.59 Å². The SMILES string of the molecule is COc1cc2nc(N3CCN(C(=O)c4ccc(OCc5ccccc5)c(Cl)c4)CC3)nc(N)c2cc1OC.COc1cc2nc(N3CCN(C(=O)c4ccc(OCc5ccccc5)c(Cl)c4)CC3)nc(N)c2cc1OC.Cl.Cl.O. The molecule has 2 aliphatic rings. The molecule has 6 N–H and O–H groups in total. The number of ether oxygens (including phenoxy) is 6. The Bertz CT molecular complexity index is 3150. The van der Waals surface area contributed by atoms with Gasteiger partial charge in [0.05, 0.1) is 49.5 Å². The van der Waals surface area contributed by atoms with Crippen LogP contribution in [-0.2, 0) is 13.2 Å². The van der Waals surface area contributed by atoms with Crippen LogP contribution in [0.3, 0.4) is 0 Å². The number of nitrogens with zero attached hydrogens (tertiary/aromatic N) is 8. The third-order valence-corrected chi connectivity index (χ3v) is 13.6. The summed E-state index contributed by atoms with van der Waals surface area (Å²) in [4.78, 5) is 52.4. The highest BCUT2D eigenvalue weighted by atomic mass is 35.5. The first-order chi connectivity index (χ1) is 36.9. The van der Waals surface area contributed by atoms with Crippen molar-refractivity contribution in [2.24, 2.45) is 0 Å². The zero-order chi connectivity index (χ0) is 53.3. The van der Waals surface area contributed by atoms with Gasteiger partial charge >= 0.3 is 0 Å². The number of nitrogens with two attached hydrogens (primary N) is 2. The number of hydrogen-bond donors (Lipinski definition) is 2. The third kappa shape index (κ3) is 14.0. The Morgan fingerprint density at radius 3 is 1.14 bits per heavy atom. The van der Waals surface area contributed by atoms with Crippen LogP contribution in [0, 0.1) is 0 Å². The topological polar surface area (TPSA) is 238 Å². The Morgan fingerprint density at radius 1 is 0.468 bits per heavy atom. The van der Waals surface area contributed by atoms with Crippen LogP contribution in [0.4, 0.5) is 23.5 Å². The van der Waals surface area contributed by atoms with E-state index in [0.717, 1.165) is 11.1 Å². The molecule has 2 amide bonds. The quantitative estimate of drug-likeness (QED) is 0.103. The van der Waals surface area contributed by atoms with Crippen molar-refractivity contribution in [3.8, 4) is 34.5 Å². The summed E-state index contributed by atoms with van der Waals surface area (Å²) in [6.07, 6.45) is 0. The van der Waals surface area contributed by atoms with E-state index >= 15 is 0 Å². The number of carbonyl (C=O) groups excluding carboxylic acids is 2. The number of aromatic nitrogens is 4. The van der Waals surface area contributed by atoms with Gasteiger partial charge in [-0.15, -0.1) is 24.8 Å². The number of amides is 2. The second-order valence-corrected chi connectivity index (χ2v) is 18.5. The van der Waals surface area contributed by atoms with Gasteiger partial charge in [0, 0.05) is 86.4 Å². The van der Waals surface area contributed by atoms with E-state index in [0.29, 0.717) is 167 Å². The van der Waals surface area contributed by atoms with E-state index in [2.05, 4.69) is 9.97 Å². The number of benzene rings is 6.